The molecule has 4 heteroatoms. The number of aliphatic hydroxyl groups excluding tert-OH is 1. The number of carbonyl (C=O) groups is 1. The smallest absolute Gasteiger partial charge is 0.157 e. The standard InChI is InChI=1S/C25H33NO3/c1-17(2)9-8-10-18(3)15-22(28)21-13-14-25(16-27)23(24(21)25)19(4)26-29-20-11-6-5-7-12-20/h5-7,9-12,21,23-24,27H,8,13-16H2,1-4H3/b18-10+,26-19+. The number of benzene rings is 1. The summed E-state index contributed by atoms with van der Waals surface area (Å²) in [7, 11) is 0. The van der Waals surface area contributed by atoms with Crippen LogP contribution in [0.1, 0.15) is 53.4 Å². The molecular formula is C25H33NO3. The van der Waals surface area contributed by atoms with Crippen LogP contribution in [-0.4, -0.2) is 23.2 Å². The van der Waals surface area contributed by atoms with E-state index in [1.165, 1.54) is 5.57 Å². The van der Waals surface area contributed by atoms with Crippen LogP contribution in [0.3, 0.4) is 0 Å². The molecule has 2 aliphatic carbocycles. The first-order chi connectivity index (χ1) is 13.9. The van der Waals surface area contributed by atoms with E-state index in [0.29, 0.717) is 18.0 Å². The first-order valence-corrected chi connectivity index (χ1v) is 10.6. The third-order valence-electron chi connectivity index (χ3n) is 6.53. The number of carbonyl (C=O) groups excluding carboxylic acids is 1. The van der Waals surface area contributed by atoms with Crippen molar-refractivity contribution in [3.63, 3.8) is 0 Å². The van der Waals surface area contributed by atoms with Gasteiger partial charge in [0.1, 0.15) is 5.78 Å². The second-order valence-electron chi connectivity index (χ2n) is 8.89. The highest BCUT2D eigenvalue weighted by atomic mass is 16.6. The van der Waals surface area contributed by atoms with Gasteiger partial charge < -0.3 is 9.94 Å². The third-order valence-corrected chi connectivity index (χ3v) is 6.53. The van der Waals surface area contributed by atoms with E-state index in [0.717, 1.165) is 30.5 Å². The molecule has 156 valence electrons. The van der Waals surface area contributed by atoms with Crippen molar-refractivity contribution in [1.29, 1.82) is 0 Å². The molecule has 2 saturated carbocycles. The van der Waals surface area contributed by atoms with Gasteiger partial charge in [-0.3, -0.25) is 4.79 Å². The Hall–Kier alpha value is -2.20. The minimum Gasteiger partial charge on any atom is -0.396 e. The van der Waals surface area contributed by atoms with Crippen LogP contribution < -0.4 is 4.84 Å². The van der Waals surface area contributed by atoms with E-state index in [1.54, 1.807) is 0 Å². The van der Waals surface area contributed by atoms with Crippen LogP contribution in [0.5, 0.6) is 5.75 Å². The molecule has 0 aromatic heterocycles. The molecule has 4 atom stereocenters. The molecule has 0 bridgehead atoms. The van der Waals surface area contributed by atoms with Crippen LogP contribution in [0.15, 0.2) is 58.8 Å². The zero-order valence-corrected chi connectivity index (χ0v) is 18.0. The number of hydrogen-bond acceptors (Lipinski definition) is 4. The zero-order chi connectivity index (χ0) is 21.0. The van der Waals surface area contributed by atoms with Gasteiger partial charge in [-0.05, 0) is 65.0 Å². The fourth-order valence-electron chi connectivity index (χ4n) is 5.04. The highest BCUT2D eigenvalue weighted by molar-refractivity contribution is 5.92. The number of nitrogens with zero attached hydrogens (tertiary/aromatic N) is 1. The zero-order valence-electron chi connectivity index (χ0n) is 18.0. The van der Waals surface area contributed by atoms with E-state index in [4.69, 9.17) is 4.84 Å². The molecule has 2 fully saturated rings. The van der Waals surface area contributed by atoms with E-state index < -0.39 is 0 Å². The number of Topliss-reactive ketones (excluding diaryl/α,β-unsaturated/α-hetero) is 1. The predicted octanol–water partition coefficient (Wildman–Crippen LogP) is 5.34. The largest absolute Gasteiger partial charge is 0.396 e. The maximum Gasteiger partial charge on any atom is 0.157 e. The Morgan fingerprint density at radius 1 is 1.21 bits per heavy atom. The second kappa shape index (κ2) is 9.08. The van der Waals surface area contributed by atoms with Crippen molar-refractivity contribution in [3.8, 4) is 5.75 Å². The van der Waals surface area contributed by atoms with Crippen molar-refractivity contribution in [2.24, 2.45) is 28.3 Å². The number of fused-ring (bicyclic) bond motifs is 1. The number of para-hydroxylation sites is 1. The van der Waals surface area contributed by atoms with Gasteiger partial charge in [0, 0.05) is 30.3 Å². The molecule has 4 nitrogen and oxygen atoms in total. The van der Waals surface area contributed by atoms with Gasteiger partial charge in [-0.15, -0.1) is 0 Å². The molecule has 4 unspecified atom stereocenters. The maximum atomic E-state index is 13.0. The van der Waals surface area contributed by atoms with Crippen molar-refractivity contribution in [2.45, 2.75) is 53.4 Å². The van der Waals surface area contributed by atoms with Crippen molar-refractivity contribution in [1.82, 2.24) is 0 Å². The first-order valence-electron chi connectivity index (χ1n) is 10.6. The number of rotatable bonds is 9. The summed E-state index contributed by atoms with van der Waals surface area (Å²) in [5.74, 6) is 1.33. The molecule has 1 aromatic rings. The molecule has 3 rings (SSSR count). The Balaban J connectivity index is 1.64. The molecule has 1 aromatic carbocycles. The molecule has 0 spiro atoms. The van der Waals surface area contributed by atoms with Gasteiger partial charge in [-0.2, -0.15) is 0 Å². The number of allylic oxidation sites excluding steroid dienone is 4. The number of oxime groups is 1. The van der Waals surface area contributed by atoms with Crippen LogP contribution in [0.4, 0.5) is 0 Å². The van der Waals surface area contributed by atoms with Gasteiger partial charge >= 0.3 is 0 Å². The van der Waals surface area contributed by atoms with Crippen molar-refractivity contribution < 1.29 is 14.7 Å². The number of aliphatic hydroxyl groups is 1. The Kier molecular flexibility index (Phi) is 6.74. The first kappa shape index (κ1) is 21.5. The summed E-state index contributed by atoms with van der Waals surface area (Å²) in [6.07, 6.45) is 7.44. The minimum absolute atomic E-state index is 0.0147. The Morgan fingerprint density at radius 2 is 1.93 bits per heavy atom. The Labute approximate surface area is 174 Å². The Bertz CT molecular complexity index is 820. The molecule has 0 saturated heterocycles. The van der Waals surface area contributed by atoms with Gasteiger partial charge in [0.05, 0.1) is 5.71 Å². The van der Waals surface area contributed by atoms with Gasteiger partial charge in [0.25, 0.3) is 0 Å². The summed E-state index contributed by atoms with van der Waals surface area (Å²) >= 11 is 0. The van der Waals surface area contributed by atoms with Crippen molar-refractivity contribution in [3.05, 3.63) is 53.6 Å². The summed E-state index contributed by atoms with van der Waals surface area (Å²) in [6.45, 7) is 8.27. The summed E-state index contributed by atoms with van der Waals surface area (Å²) < 4.78 is 0. The highest BCUT2D eigenvalue weighted by Crippen LogP contribution is 2.71. The lowest BCUT2D eigenvalue weighted by atomic mass is 9.90. The predicted molar refractivity (Wildman–Crippen MR) is 117 cm³/mol. The van der Waals surface area contributed by atoms with E-state index in [9.17, 15) is 9.90 Å². The van der Waals surface area contributed by atoms with E-state index in [-0.39, 0.29) is 29.8 Å². The third kappa shape index (κ3) is 4.69. The lowest BCUT2D eigenvalue weighted by Gasteiger charge is -2.14. The topological polar surface area (TPSA) is 58.9 Å². The van der Waals surface area contributed by atoms with Gasteiger partial charge in [0.2, 0.25) is 0 Å². The fourth-order valence-corrected chi connectivity index (χ4v) is 5.04. The molecule has 0 amide bonds. The quantitative estimate of drug-likeness (QED) is 0.349. The average Bonchev–Trinajstić information content (AvgIpc) is 3.20. The maximum absolute atomic E-state index is 13.0. The highest BCUT2D eigenvalue weighted by Gasteiger charge is 2.72. The second-order valence-corrected chi connectivity index (χ2v) is 8.89. The molecule has 0 aliphatic heterocycles. The normalized spacial score (nSPS) is 28.7. The van der Waals surface area contributed by atoms with Crippen molar-refractivity contribution in [2.75, 3.05) is 6.61 Å². The van der Waals surface area contributed by atoms with E-state index in [1.807, 2.05) is 44.2 Å². The SMILES string of the molecule is CC(C)=CC/C=C(\C)CC(=O)C1CCC2(CO)C(/C(C)=N/Oc3ccccc3)C12. The molecule has 2 aliphatic rings. The van der Waals surface area contributed by atoms with Crippen LogP contribution in [0.25, 0.3) is 0 Å². The van der Waals surface area contributed by atoms with Gasteiger partial charge in [0.15, 0.2) is 5.75 Å². The summed E-state index contributed by atoms with van der Waals surface area (Å²) in [5.41, 5.74) is 3.11. The van der Waals surface area contributed by atoms with Gasteiger partial charge in [-0.25, -0.2) is 0 Å². The lowest BCUT2D eigenvalue weighted by molar-refractivity contribution is -0.122. The van der Waals surface area contributed by atoms with Crippen LogP contribution >= 0.6 is 0 Å². The molecule has 29 heavy (non-hydrogen) atoms. The summed E-state index contributed by atoms with van der Waals surface area (Å²) in [5, 5.41) is 14.4. The lowest BCUT2D eigenvalue weighted by Crippen LogP contribution is -2.18. The monoisotopic (exact) mass is 395 g/mol. The van der Waals surface area contributed by atoms with Crippen LogP contribution in [0, 0.1) is 23.2 Å². The van der Waals surface area contributed by atoms with Gasteiger partial charge in [-0.1, -0.05) is 46.7 Å². The van der Waals surface area contributed by atoms with E-state index >= 15 is 0 Å². The summed E-state index contributed by atoms with van der Waals surface area (Å²) in [6, 6.07) is 9.47. The number of ketones is 1. The fraction of sp³-hybridized carbons (Fsp3) is 0.520. The summed E-state index contributed by atoms with van der Waals surface area (Å²) in [4.78, 5) is 18.5. The van der Waals surface area contributed by atoms with Crippen molar-refractivity contribution >= 4 is 11.5 Å². The van der Waals surface area contributed by atoms with Crippen LogP contribution in [0.2, 0.25) is 0 Å². The minimum atomic E-state index is -0.187. The van der Waals surface area contributed by atoms with E-state index in [2.05, 4.69) is 31.2 Å². The molecule has 0 heterocycles. The number of hydrogen-bond donors (Lipinski definition) is 1. The average molecular weight is 396 g/mol. The molecular weight excluding hydrogens is 362 g/mol. The molecule has 0 radical (unpaired) electrons. The molecule has 1 N–H and O–H groups in total. The Morgan fingerprint density at radius 3 is 2.59 bits per heavy atom. The van der Waals surface area contributed by atoms with Crippen LogP contribution in [-0.2, 0) is 4.79 Å².